The van der Waals surface area contributed by atoms with E-state index in [9.17, 15) is 4.79 Å². The van der Waals surface area contributed by atoms with E-state index in [0.29, 0.717) is 5.02 Å². The van der Waals surface area contributed by atoms with E-state index in [1.165, 1.54) is 6.92 Å². The Balaban J connectivity index is 2.89. The highest BCUT2D eigenvalue weighted by atomic mass is 35.5. The van der Waals surface area contributed by atoms with Crippen LogP contribution in [0.25, 0.3) is 0 Å². The summed E-state index contributed by atoms with van der Waals surface area (Å²) in [5.41, 5.74) is 1.98. The SMILES string of the molecule is CC(=O)OC(C)c1cc(C)cc(Cl)c1. The number of halogens is 1. The zero-order valence-electron chi connectivity index (χ0n) is 8.50. The second-order valence-electron chi connectivity index (χ2n) is 3.31. The largest absolute Gasteiger partial charge is 0.458 e. The zero-order chi connectivity index (χ0) is 10.7. The summed E-state index contributed by atoms with van der Waals surface area (Å²) in [6.45, 7) is 5.18. The van der Waals surface area contributed by atoms with Gasteiger partial charge < -0.3 is 4.74 Å². The first-order valence-corrected chi connectivity index (χ1v) is 4.81. The number of benzene rings is 1. The number of ether oxygens (including phenoxy) is 1. The van der Waals surface area contributed by atoms with Gasteiger partial charge in [-0.2, -0.15) is 0 Å². The number of hydrogen-bond acceptors (Lipinski definition) is 2. The topological polar surface area (TPSA) is 26.3 Å². The van der Waals surface area contributed by atoms with Crippen LogP contribution in [0, 0.1) is 6.92 Å². The first kappa shape index (κ1) is 11.1. The molecule has 1 rings (SSSR count). The summed E-state index contributed by atoms with van der Waals surface area (Å²) in [7, 11) is 0. The van der Waals surface area contributed by atoms with Crippen molar-refractivity contribution in [3.05, 3.63) is 34.3 Å². The molecule has 0 heterocycles. The van der Waals surface area contributed by atoms with Crippen LogP contribution in [0.2, 0.25) is 5.02 Å². The summed E-state index contributed by atoms with van der Waals surface area (Å²) in [6, 6.07) is 5.63. The first-order chi connectivity index (χ1) is 6.49. The Labute approximate surface area is 88.8 Å². The summed E-state index contributed by atoms with van der Waals surface area (Å²) >= 11 is 5.89. The predicted octanol–water partition coefficient (Wildman–Crippen LogP) is 3.27. The highest BCUT2D eigenvalue weighted by Crippen LogP contribution is 2.22. The van der Waals surface area contributed by atoms with Gasteiger partial charge in [0, 0.05) is 11.9 Å². The lowest BCUT2D eigenvalue weighted by molar-refractivity contribution is -0.145. The van der Waals surface area contributed by atoms with E-state index in [4.69, 9.17) is 16.3 Å². The lowest BCUT2D eigenvalue weighted by Crippen LogP contribution is -2.04. The molecular weight excluding hydrogens is 200 g/mol. The van der Waals surface area contributed by atoms with Crippen molar-refractivity contribution < 1.29 is 9.53 Å². The molecule has 0 amide bonds. The van der Waals surface area contributed by atoms with E-state index in [1.807, 2.05) is 32.0 Å². The van der Waals surface area contributed by atoms with Gasteiger partial charge in [0.05, 0.1) is 0 Å². The molecule has 0 aliphatic rings. The van der Waals surface area contributed by atoms with Crippen molar-refractivity contribution in [3.8, 4) is 0 Å². The molecule has 76 valence electrons. The van der Waals surface area contributed by atoms with E-state index in [1.54, 1.807) is 0 Å². The van der Waals surface area contributed by atoms with Gasteiger partial charge in [-0.05, 0) is 37.1 Å². The van der Waals surface area contributed by atoms with Gasteiger partial charge in [-0.15, -0.1) is 0 Å². The Morgan fingerprint density at radius 3 is 2.57 bits per heavy atom. The molecule has 1 aromatic rings. The summed E-state index contributed by atoms with van der Waals surface area (Å²) < 4.78 is 5.05. The fraction of sp³-hybridized carbons (Fsp3) is 0.364. The van der Waals surface area contributed by atoms with Gasteiger partial charge in [0.15, 0.2) is 0 Å². The third-order valence-electron chi connectivity index (χ3n) is 1.88. The van der Waals surface area contributed by atoms with E-state index < -0.39 is 0 Å². The van der Waals surface area contributed by atoms with Crippen LogP contribution in [0.4, 0.5) is 0 Å². The Kier molecular flexibility index (Phi) is 3.53. The molecule has 1 atom stereocenters. The maximum Gasteiger partial charge on any atom is 0.303 e. The molecular formula is C11H13ClO2. The number of rotatable bonds is 2. The minimum absolute atomic E-state index is 0.245. The molecule has 0 saturated carbocycles. The number of carbonyl (C=O) groups is 1. The number of esters is 1. The van der Waals surface area contributed by atoms with Crippen LogP contribution < -0.4 is 0 Å². The fourth-order valence-corrected chi connectivity index (χ4v) is 1.61. The molecule has 0 saturated heterocycles. The quantitative estimate of drug-likeness (QED) is 0.704. The number of hydrogen-bond donors (Lipinski definition) is 0. The van der Waals surface area contributed by atoms with Gasteiger partial charge in [0.25, 0.3) is 0 Å². The molecule has 0 N–H and O–H groups in total. The van der Waals surface area contributed by atoms with Crippen molar-refractivity contribution in [2.24, 2.45) is 0 Å². The second kappa shape index (κ2) is 4.47. The van der Waals surface area contributed by atoms with Crippen molar-refractivity contribution in [2.45, 2.75) is 26.9 Å². The third-order valence-corrected chi connectivity index (χ3v) is 2.09. The maximum absolute atomic E-state index is 10.7. The number of carbonyl (C=O) groups excluding carboxylic acids is 1. The maximum atomic E-state index is 10.7. The highest BCUT2D eigenvalue weighted by molar-refractivity contribution is 6.30. The molecule has 2 nitrogen and oxygen atoms in total. The van der Waals surface area contributed by atoms with Crippen molar-refractivity contribution in [1.29, 1.82) is 0 Å². The third kappa shape index (κ3) is 3.04. The van der Waals surface area contributed by atoms with Gasteiger partial charge in [-0.1, -0.05) is 17.7 Å². The molecule has 0 aliphatic carbocycles. The smallest absolute Gasteiger partial charge is 0.303 e. The van der Waals surface area contributed by atoms with Gasteiger partial charge in [-0.25, -0.2) is 0 Å². The molecule has 0 fully saturated rings. The monoisotopic (exact) mass is 212 g/mol. The normalized spacial score (nSPS) is 12.3. The van der Waals surface area contributed by atoms with Crippen molar-refractivity contribution in [3.63, 3.8) is 0 Å². The predicted molar refractivity (Wildman–Crippen MR) is 56.4 cm³/mol. The molecule has 1 aromatic carbocycles. The lowest BCUT2D eigenvalue weighted by atomic mass is 10.1. The fourth-order valence-electron chi connectivity index (χ4n) is 1.32. The molecule has 0 aromatic heterocycles. The number of aryl methyl sites for hydroxylation is 1. The highest BCUT2D eigenvalue weighted by Gasteiger charge is 2.09. The Bertz CT molecular complexity index is 327. The molecule has 0 aliphatic heterocycles. The van der Waals surface area contributed by atoms with Crippen molar-refractivity contribution in [1.82, 2.24) is 0 Å². The average Bonchev–Trinajstić information content (AvgIpc) is 2.00. The summed E-state index contributed by atoms with van der Waals surface area (Å²) in [4.78, 5) is 10.7. The average molecular weight is 213 g/mol. The van der Waals surface area contributed by atoms with Crippen LogP contribution in [0.1, 0.15) is 31.1 Å². The molecule has 0 bridgehead atoms. The Morgan fingerprint density at radius 2 is 2.07 bits per heavy atom. The molecule has 3 heteroatoms. The van der Waals surface area contributed by atoms with Gasteiger partial charge in [0.2, 0.25) is 0 Å². The van der Waals surface area contributed by atoms with E-state index >= 15 is 0 Å². The minimum Gasteiger partial charge on any atom is -0.458 e. The second-order valence-corrected chi connectivity index (χ2v) is 3.75. The van der Waals surface area contributed by atoms with Crippen LogP contribution >= 0.6 is 11.6 Å². The van der Waals surface area contributed by atoms with Crippen LogP contribution in [-0.4, -0.2) is 5.97 Å². The first-order valence-electron chi connectivity index (χ1n) is 4.43. The summed E-state index contributed by atoms with van der Waals surface area (Å²) in [5.74, 6) is -0.282. The van der Waals surface area contributed by atoms with Crippen molar-refractivity contribution >= 4 is 17.6 Å². The molecule has 0 spiro atoms. The van der Waals surface area contributed by atoms with Gasteiger partial charge in [0.1, 0.15) is 6.10 Å². The molecule has 0 radical (unpaired) electrons. The van der Waals surface area contributed by atoms with Gasteiger partial charge in [-0.3, -0.25) is 4.79 Å². The van der Waals surface area contributed by atoms with Crippen molar-refractivity contribution in [2.75, 3.05) is 0 Å². The lowest BCUT2D eigenvalue weighted by Gasteiger charge is -2.13. The van der Waals surface area contributed by atoms with Crippen LogP contribution in [0.5, 0.6) is 0 Å². The van der Waals surface area contributed by atoms with Crippen LogP contribution in [-0.2, 0) is 9.53 Å². The Hall–Kier alpha value is -1.02. The van der Waals surface area contributed by atoms with E-state index in [0.717, 1.165) is 11.1 Å². The van der Waals surface area contributed by atoms with Crippen LogP contribution in [0.15, 0.2) is 18.2 Å². The van der Waals surface area contributed by atoms with Gasteiger partial charge >= 0.3 is 5.97 Å². The Morgan fingerprint density at radius 1 is 1.43 bits per heavy atom. The molecule has 1 unspecified atom stereocenters. The molecule has 14 heavy (non-hydrogen) atoms. The van der Waals surface area contributed by atoms with Crippen LogP contribution in [0.3, 0.4) is 0 Å². The minimum atomic E-state index is -0.282. The summed E-state index contributed by atoms with van der Waals surface area (Å²) in [5, 5.41) is 0.666. The summed E-state index contributed by atoms with van der Waals surface area (Å²) in [6.07, 6.45) is -0.245. The zero-order valence-corrected chi connectivity index (χ0v) is 9.26. The van der Waals surface area contributed by atoms with E-state index in [2.05, 4.69) is 0 Å². The standard InChI is InChI=1S/C11H13ClO2/c1-7-4-10(6-11(12)5-7)8(2)14-9(3)13/h4-6,8H,1-3H3. The van der Waals surface area contributed by atoms with E-state index in [-0.39, 0.29) is 12.1 Å².